The summed E-state index contributed by atoms with van der Waals surface area (Å²) >= 11 is 5.87. The van der Waals surface area contributed by atoms with E-state index in [4.69, 9.17) is 11.6 Å². The van der Waals surface area contributed by atoms with Crippen LogP contribution >= 0.6 is 11.6 Å². The van der Waals surface area contributed by atoms with E-state index in [1.165, 1.54) is 0 Å². The molecule has 2 aliphatic rings. The highest BCUT2D eigenvalue weighted by atomic mass is 35.5. The molecule has 0 aromatic heterocycles. The van der Waals surface area contributed by atoms with Crippen LogP contribution in [0.1, 0.15) is 12.8 Å². The lowest BCUT2D eigenvalue weighted by atomic mass is 10.0. The number of amides is 2. The van der Waals surface area contributed by atoms with Crippen LogP contribution in [0.2, 0.25) is 5.02 Å². The van der Waals surface area contributed by atoms with Crippen molar-refractivity contribution >= 4 is 29.1 Å². The Labute approximate surface area is 146 Å². The Morgan fingerprint density at radius 3 is 2.75 bits per heavy atom. The van der Waals surface area contributed by atoms with Crippen LogP contribution in [-0.2, 0) is 9.59 Å². The van der Waals surface area contributed by atoms with Crippen molar-refractivity contribution in [3.8, 4) is 0 Å². The van der Waals surface area contributed by atoms with E-state index in [-0.39, 0.29) is 24.8 Å². The van der Waals surface area contributed by atoms with E-state index < -0.39 is 11.5 Å². The standard InChI is InChI=1S/C17H22ClN3O3/c1-20-7-6-17(24,11-20)10-19-16(23)12-8-15(22)21(9-12)14-4-2-13(18)3-5-14/h2-5,12,24H,6-11H2,1H3,(H,19,23)/t12-,17+/m0/s1. The second-order valence-electron chi connectivity index (χ2n) is 6.81. The van der Waals surface area contributed by atoms with Crippen molar-refractivity contribution in [3.63, 3.8) is 0 Å². The number of nitrogens with zero attached hydrogens (tertiary/aromatic N) is 2. The summed E-state index contributed by atoms with van der Waals surface area (Å²) in [5.74, 6) is -0.643. The third-order valence-electron chi connectivity index (χ3n) is 4.75. The summed E-state index contributed by atoms with van der Waals surface area (Å²) in [6.45, 7) is 1.94. The quantitative estimate of drug-likeness (QED) is 0.844. The van der Waals surface area contributed by atoms with E-state index >= 15 is 0 Å². The lowest BCUT2D eigenvalue weighted by Gasteiger charge is -2.23. The third-order valence-corrected chi connectivity index (χ3v) is 5.00. The van der Waals surface area contributed by atoms with Crippen molar-refractivity contribution < 1.29 is 14.7 Å². The Balaban J connectivity index is 1.57. The normalized spacial score (nSPS) is 27.7. The maximum absolute atomic E-state index is 12.4. The number of carbonyl (C=O) groups excluding carboxylic acids is 2. The first kappa shape index (κ1) is 17.2. The van der Waals surface area contributed by atoms with Gasteiger partial charge >= 0.3 is 0 Å². The van der Waals surface area contributed by atoms with E-state index in [2.05, 4.69) is 5.32 Å². The molecule has 1 aromatic carbocycles. The van der Waals surface area contributed by atoms with Gasteiger partial charge in [-0.05, 0) is 37.7 Å². The number of nitrogens with one attached hydrogen (secondary N) is 1. The van der Waals surface area contributed by atoms with Crippen molar-refractivity contribution in [1.82, 2.24) is 10.2 Å². The molecule has 1 aromatic rings. The molecule has 7 heteroatoms. The molecule has 6 nitrogen and oxygen atoms in total. The molecule has 2 amide bonds. The number of likely N-dealkylation sites (tertiary alicyclic amines) is 1. The predicted octanol–water partition coefficient (Wildman–Crippen LogP) is 0.876. The van der Waals surface area contributed by atoms with Gasteiger partial charge in [-0.1, -0.05) is 11.6 Å². The Hall–Kier alpha value is -1.63. The second-order valence-corrected chi connectivity index (χ2v) is 7.25. The summed E-state index contributed by atoms with van der Waals surface area (Å²) in [7, 11) is 1.94. The van der Waals surface area contributed by atoms with Gasteiger partial charge < -0.3 is 20.2 Å². The van der Waals surface area contributed by atoms with Crippen molar-refractivity contribution in [2.45, 2.75) is 18.4 Å². The summed E-state index contributed by atoms with van der Waals surface area (Å²) in [6.07, 6.45) is 0.830. The number of aliphatic hydroxyl groups is 1. The average molecular weight is 352 g/mol. The Kier molecular flexibility index (Phi) is 4.80. The van der Waals surface area contributed by atoms with Gasteiger partial charge in [-0.15, -0.1) is 0 Å². The van der Waals surface area contributed by atoms with Gasteiger partial charge in [-0.2, -0.15) is 0 Å². The Morgan fingerprint density at radius 2 is 2.12 bits per heavy atom. The number of carbonyl (C=O) groups is 2. The lowest BCUT2D eigenvalue weighted by molar-refractivity contribution is -0.127. The van der Waals surface area contributed by atoms with Crippen LogP contribution in [0.4, 0.5) is 5.69 Å². The van der Waals surface area contributed by atoms with E-state index in [1.807, 2.05) is 11.9 Å². The van der Waals surface area contributed by atoms with Gasteiger partial charge in [0.15, 0.2) is 0 Å². The fourth-order valence-electron chi connectivity index (χ4n) is 3.35. The molecule has 2 saturated heterocycles. The molecule has 0 aliphatic carbocycles. The number of β-amino-alcohol motifs (C(OH)–C–C–N with tert-alkyl or cyclic N) is 1. The fraction of sp³-hybridized carbons (Fsp3) is 0.529. The highest BCUT2D eigenvalue weighted by Crippen LogP contribution is 2.26. The first-order valence-corrected chi connectivity index (χ1v) is 8.49. The zero-order valence-electron chi connectivity index (χ0n) is 13.7. The lowest BCUT2D eigenvalue weighted by Crippen LogP contribution is -2.46. The molecule has 0 unspecified atom stereocenters. The minimum atomic E-state index is -0.872. The van der Waals surface area contributed by atoms with Crippen LogP contribution in [0.25, 0.3) is 0 Å². The predicted molar refractivity (Wildman–Crippen MR) is 92.0 cm³/mol. The molecule has 3 rings (SSSR count). The molecule has 24 heavy (non-hydrogen) atoms. The van der Waals surface area contributed by atoms with E-state index in [0.717, 1.165) is 12.2 Å². The fourth-order valence-corrected chi connectivity index (χ4v) is 3.48. The second kappa shape index (κ2) is 6.70. The number of halogens is 1. The van der Waals surface area contributed by atoms with Gasteiger partial charge in [0.05, 0.1) is 11.5 Å². The highest BCUT2D eigenvalue weighted by molar-refractivity contribution is 6.30. The van der Waals surface area contributed by atoms with Crippen LogP contribution < -0.4 is 10.2 Å². The highest BCUT2D eigenvalue weighted by Gasteiger charge is 2.38. The molecule has 2 N–H and O–H groups in total. The molecule has 0 radical (unpaired) electrons. The van der Waals surface area contributed by atoms with Crippen LogP contribution in [0, 0.1) is 5.92 Å². The molecule has 0 bridgehead atoms. The largest absolute Gasteiger partial charge is 0.387 e. The molecule has 2 fully saturated rings. The molecule has 2 atom stereocenters. The van der Waals surface area contributed by atoms with E-state index in [1.54, 1.807) is 29.2 Å². The molecule has 2 aliphatic heterocycles. The SMILES string of the molecule is CN1CC[C@@](O)(CNC(=O)[C@H]2CC(=O)N(c3ccc(Cl)cc3)C2)C1. The van der Waals surface area contributed by atoms with Gasteiger partial charge in [0.1, 0.15) is 0 Å². The molecule has 0 spiro atoms. The van der Waals surface area contributed by atoms with E-state index in [0.29, 0.717) is 24.5 Å². The first-order chi connectivity index (χ1) is 11.4. The number of anilines is 1. The van der Waals surface area contributed by atoms with Crippen LogP contribution in [0.3, 0.4) is 0 Å². The summed E-state index contributed by atoms with van der Waals surface area (Å²) in [6, 6.07) is 7.00. The summed E-state index contributed by atoms with van der Waals surface area (Å²) in [5.41, 5.74) is -0.126. The summed E-state index contributed by atoms with van der Waals surface area (Å²) in [4.78, 5) is 28.2. The summed E-state index contributed by atoms with van der Waals surface area (Å²) < 4.78 is 0. The van der Waals surface area contributed by atoms with Crippen molar-refractivity contribution in [3.05, 3.63) is 29.3 Å². The monoisotopic (exact) mass is 351 g/mol. The average Bonchev–Trinajstić information content (AvgIpc) is 3.09. The van der Waals surface area contributed by atoms with Crippen molar-refractivity contribution in [1.29, 1.82) is 0 Å². The smallest absolute Gasteiger partial charge is 0.227 e. The zero-order chi connectivity index (χ0) is 17.3. The van der Waals surface area contributed by atoms with Crippen molar-refractivity contribution in [2.75, 3.05) is 38.1 Å². The van der Waals surface area contributed by atoms with Crippen LogP contribution in [-0.4, -0.2) is 60.6 Å². The first-order valence-electron chi connectivity index (χ1n) is 8.11. The van der Waals surface area contributed by atoms with Crippen molar-refractivity contribution in [2.24, 2.45) is 5.92 Å². The number of hydrogen-bond acceptors (Lipinski definition) is 4. The minimum Gasteiger partial charge on any atom is -0.387 e. The number of benzene rings is 1. The molecular weight excluding hydrogens is 330 g/mol. The number of likely N-dealkylation sites (N-methyl/N-ethyl adjacent to an activating group) is 1. The summed E-state index contributed by atoms with van der Waals surface area (Å²) in [5, 5.41) is 13.8. The topological polar surface area (TPSA) is 72.9 Å². The van der Waals surface area contributed by atoms with Gasteiger partial charge in [-0.3, -0.25) is 9.59 Å². The van der Waals surface area contributed by atoms with Gasteiger partial charge in [0.25, 0.3) is 0 Å². The van der Waals surface area contributed by atoms with Crippen LogP contribution in [0.5, 0.6) is 0 Å². The Morgan fingerprint density at radius 1 is 1.42 bits per heavy atom. The van der Waals surface area contributed by atoms with Crippen LogP contribution in [0.15, 0.2) is 24.3 Å². The minimum absolute atomic E-state index is 0.0724. The number of rotatable bonds is 4. The number of hydrogen-bond donors (Lipinski definition) is 2. The van der Waals surface area contributed by atoms with Gasteiger partial charge in [-0.25, -0.2) is 0 Å². The molecule has 2 heterocycles. The van der Waals surface area contributed by atoms with Gasteiger partial charge in [0.2, 0.25) is 11.8 Å². The maximum atomic E-state index is 12.4. The molecule has 130 valence electrons. The zero-order valence-corrected chi connectivity index (χ0v) is 14.4. The molecular formula is C17H22ClN3O3. The molecule has 0 saturated carbocycles. The maximum Gasteiger partial charge on any atom is 0.227 e. The Bertz CT molecular complexity index is 636. The van der Waals surface area contributed by atoms with Gasteiger partial charge in [0, 0.05) is 43.3 Å². The third kappa shape index (κ3) is 3.71. The van der Waals surface area contributed by atoms with E-state index in [9.17, 15) is 14.7 Å².